The number of sulfonamides is 1. The van der Waals surface area contributed by atoms with Crippen LogP contribution in [-0.4, -0.2) is 42.2 Å². The van der Waals surface area contributed by atoms with Gasteiger partial charge < -0.3 is 19.5 Å². The minimum Gasteiger partial charge on any atom is -0.497 e. The zero-order chi connectivity index (χ0) is 25.6. The van der Waals surface area contributed by atoms with Gasteiger partial charge in [-0.1, -0.05) is 29.8 Å². The second-order valence-corrected chi connectivity index (χ2v) is 9.79. The van der Waals surface area contributed by atoms with Crippen LogP contribution < -0.4 is 23.8 Å². The van der Waals surface area contributed by atoms with Crippen molar-refractivity contribution in [1.29, 1.82) is 0 Å². The summed E-state index contributed by atoms with van der Waals surface area (Å²) in [7, 11) is 0.475. The van der Waals surface area contributed by atoms with E-state index in [1.54, 1.807) is 43.5 Å². The monoisotopic (exact) mass is 498 g/mol. The fourth-order valence-electron chi connectivity index (χ4n) is 3.53. The number of carbonyl (C=O) groups excluding carboxylic acids is 1. The SMILES string of the molecule is COc1ccc([C@@H](C)NC(=O)CN(c2ccc(OC)c(OC)c2)S(=O)(=O)c2ccc(C)cc2)cc1. The van der Waals surface area contributed by atoms with Crippen molar-refractivity contribution in [2.45, 2.75) is 24.8 Å². The molecule has 0 saturated heterocycles. The van der Waals surface area contributed by atoms with Crippen molar-refractivity contribution in [3.8, 4) is 17.2 Å². The van der Waals surface area contributed by atoms with E-state index >= 15 is 0 Å². The molecule has 0 aromatic heterocycles. The van der Waals surface area contributed by atoms with Crippen LogP contribution in [-0.2, 0) is 14.8 Å². The maximum absolute atomic E-state index is 13.6. The van der Waals surface area contributed by atoms with E-state index in [1.807, 2.05) is 26.0 Å². The Morgan fingerprint density at radius 3 is 2.09 bits per heavy atom. The van der Waals surface area contributed by atoms with Gasteiger partial charge in [-0.25, -0.2) is 8.42 Å². The molecule has 0 heterocycles. The lowest BCUT2D eigenvalue weighted by atomic mass is 10.1. The zero-order valence-electron chi connectivity index (χ0n) is 20.4. The third-order valence-electron chi connectivity index (χ3n) is 5.54. The van der Waals surface area contributed by atoms with Gasteiger partial charge in [0.1, 0.15) is 12.3 Å². The van der Waals surface area contributed by atoms with Gasteiger partial charge in [0.05, 0.1) is 38.0 Å². The highest BCUT2D eigenvalue weighted by atomic mass is 32.2. The number of carbonyl (C=O) groups is 1. The third-order valence-corrected chi connectivity index (χ3v) is 7.33. The standard InChI is InChI=1S/C26H30N2O6S/c1-18-6-13-23(14-7-18)35(30,31)28(21-10-15-24(33-4)25(16-21)34-5)17-26(29)27-19(2)20-8-11-22(32-3)12-9-20/h6-16,19H,17H2,1-5H3,(H,27,29)/t19-/m1/s1. The van der Waals surface area contributed by atoms with Crippen molar-refractivity contribution >= 4 is 21.6 Å². The van der Waals surface area contributed by atoms with Crippen LogP contribution in [0, 0.1) is 6.92 Å². The maximum Gasteiger partial charge on any atom is 0.264 e. The van der Waals surface area contributed by atoms with Gasteiger partial charge in [-0.15, -0.1) is 0 Å². The van der Waals surface area contributed by atoms with Crippen molar-refractivity contribution in [3.63, 3.8) is 0 Å². The van der Waals surface area contributed by atoms with Crippen LogP contribution in [0.1, 0.15) is 24.1 Å². The van der Waals surface area contributed by atoms with Gasteiger partial charge in [0.2, 0.25) is 5.91 Å². The molecule has 0 radical (unpaired) electrons. The number of aryl methyl sites for hydroxylation is 1. The molecule has 0 aliphatic heterocycles. The largest absolute Gasteiger partial charge is 0.497 e. The van der Waals surface area contributed by atoms with E-state index in [1.165, 1.54) is 32.4 Å². The molecule has 0 aliphatic carbocycles. The smallest absolute Gasteiger partial charge is 0.264 e. The normalized spacial score (nSPS) is 11.9. The number of hydrogen-bond donors (Lipinski definition) is 1. The summed E-state index contributed by atoms with van der Waals surface area (Å²) in [6.45, 7) is 3.28. The molecule has 1 N–H and O–H groups in total. The van der Waals surface area contributed by atoms with Crippen LogP contribution in [0.2, 0.25) is 0 Å². The quantitative estimate of drug-likeness (QED) is 0.452. The molecule has 1 amide bonds. The highest BCUT2D eigenvalue weighted by Gasteiger charge is 2.28. The molecule has 1 atom stereocenters. The summed E-state index contributed by atoms with van der Waals surface area (Å²) in [5.41, 5.74) is 2.06. The molecule has 8 nitrogen and oxygen atoms in total. The first-order chi connectivity index (χ1) is 16.7. The molecule has 0 bridgehead atoms. The van der Waals surface area contributed by atoms with Gasteiger partial charge >= 0.3 is 0 Å². The maximum atomic E-state index is 13.6. The van der Waals surface area contributed by atoms with Crippen LogP contribution in [0.5, 0.6) is 17.2 Å². The molecule has 0 fully saturated rings. The highest BCUT2D eigenvalue weighted by Crippen LogP contribution is 2.34. The molecule has 9 heteroatoms. The van der Waals surface area contributed by atoms with Crippen molar-refractivity contribution in [3.05, 3.63) is 77.9 Å². The molecular weight excluding hydrogens is 468 g/mol. The number of methoxy groups -OCH3 is 3. The Bertz CT molecular complexity index is 1260. The lowest BCUT2D eigenvalue weighted by Gasteiger charge is -2.26. The molecule has 186 valence electrons. The fraction of sp³-hybridized carbons (Fsp3) is 0.269. The van der Waals surface area contributed by atoms with Crippen molar-refractivity contribution in [2.75, 3.05) is 32.2 Å². The Morgan fingerprint density at radius 2 is 1.51 bits per heavy atom. The summed E-state index contributed by atoms with van der Waals surface area (Å²) in [5, 5.41) is 2.88. The number of hydrogen-bond acceptors (Lipinski definition) is 6. The Balaban J connectivity index is 1.93. The van der Waals surface area contributed by atoms with Gasteiger partial charge in [-0.05, 0) is 55.8 Å². The molecule has 0 saturated carbocycles. The highest BCUT2D eigenvalue weighted by molar-refractivity contribution is 7.92. The summed E-state index contributed by atoms with van der Waals surface area (Å²) < 4.78 is 44.1. The molecule has 3 aromatic rings. The van der Waals surface area contributed by atoms with Crippen LogP contribution in [0.4, 0.5) is 5.69 Å². The molecule has 3 rings (SSSR count). The number of amides is 1. The first kappa shape index (κ1) is 25.9. The van der Waals surface area contributed by atoms with Gasteiger partial charge in [-0.3, -0.25) is 9.10 Å². The molecule has 0 aliphatic rings. The minimum absolute atomic E-state index is 0.0777. The lowest BCUT2D eigenvalue weighted by Crippen LogP contribution is -2.41. The van der Waals surface area contributed by atoms with Crippen molar-refractivity contribution in [2.24, 2.45) is 0 Å². The molecule has 35 heavy (non-hydrogen) atoms. The van der Waals surface area contributed by atoms with E-state index in [4.69, 9.17) is 14.2 Å². The van der Waals surface area contributed by atoms with E-state index in [2.05, 4.69) is 5.32 Å². The third kappa shape index (κ3) is 6.05. The van der Waals surface area contributed by atoms with E-state index in [-0.39, 0.29) is 16.6 Å². The number of anilines is 1. The predicted molar refractivity (Wildman–Crippen MR) is 135 cm³/mol. The Kier molecular flexibility index (Phi) is 8.24. The van der Waals surface area contributed by atoms with Gasteiger partial charge in [0.25, 0.3) is 10.0 Å². The number of benzene rings is 3. The number of nitrogens with one attached hydrogen (secondary N) is 1. The van der Waals surface area contributed by atoms with E-state index < -0.39 is 22.5 Å². The Hall–Kier alpha value is -3.72. The number of nitrogens with zero attached hydrogens (tertiary/aromatic N) is 1. The summed E-state index contributed by atoms with van der Waals surface area (Å²) >= 11 is 0. The van der Waals surface area contributed by atoms with Crippen LogP contribution in [0.25, 0.3) is 0 Å². The second-order valence-electron chi connectivity index (χ2n) is 7.93. The van der Waals surface area contributed by atoms with Gasteiger partial charge in [0, 0.05) is 6.07 Å². The zero-order valence-corrected chi connectivity index (χ0v) is 21.3. The number of ether oxygens (including phenoxy) is 3. The molecule has 3 aromatic carbocycles. The van der Waals surface area contributed by atoms with Crippen molar-refractivity contribution in [1.82, 2.24) is 5.32 Å². The summed E-state index contributed by atoms with van der Waals surface area (Å²) in [5.74, 6) is 1.04. The van der Waals surface area contributed by atoms with Crippen LogP contribution in [0.3, 0.4) is 0 Å². The second kappa shape index (κ2) is 11.1. The topological polar surface area (TPSA) is 94.2 Å². The van der Waals surface area contributed by atoms with Crippen LogP contribution >= 0.6 is 0 Å². The predicted octanol–water partition coefficient (Wildman–Crippen LogP) is 4.09. The van der Waals surface area contributed by atoms with E-state index in [0.29, 0.717) is 17.2 Å². The molecule has 0 unspecified atom stereocenters. The first-order valence-electron chi connectivity index (χ1n) is 10.9. The van der Waals surface area contributed by atoms with Gasteiger partial charge in [-0.2, -0.15) is 0 Å². The molecule has 0 spiro atoms. The Morgan fingerprint density at radius 1 is 0.886 bits per heavy atom. The van der Waals surface area contributed by atoms with E-state index in [9.17, 15) is 13.2 Å². The van der Waals surface area contributed by atoms with Crippen molar-refractivity contribution < 1.29 is 27.4 Å². The summed E-state index contributed by atoms with van der Waals surface area (Å²) in [6.07, 6.45) is 0. The summed E-state index contributed by atoms with van der Waals surface area (Å²) in [4.78, 5) is 13.1. The summed E-state index contributed by atoms with van der Waals surface area (Å²) in [6, 6.07) is 18.1. The van der Waals surface area contributed by atoms with Crippen LogP contribution in [0.15, 0.2) is 71.6 Å². The Labute approximate surface area is 206 Å². The molecular formula is C26H30N2O6S. The average molecular weight is 499 g/mol. The number of rotatable bonds is 10. The minimum atomic E-state index is -4.06. The average Bonchev–Trinajstić information content (AvgIpc) is 2.87. The van der Waals surface area contributed by atoms with Gasteiger partial charge in [0.15, 0.2) is 11.5 Å². The van der Waals surface area contributed by atoms with E-state index in [0.717, 1.165) is 15.4 Å². The first-order valence-corrected chi connectivity index (χ1v) is 12.4. The lowest BCUT2D eigenvalue weighted by molar-refractivity contribution is -0.120. The fourth-order valence-corrected chi connectivity index (χ4v) is 4.94.